The Kier molecular flexibility index (Phi) is 5.76. The quantitative estimate of drug-likeness (QED) is 0.777. The second-order valence-corrected chi connectivity index (χ2v) is 5.59. The summed E-state index contributed by atoms with van der Waals surface area (Å²) in [6.07, 6.45) is 1.10. The van der Waals surface area contributed by atoms with Crippen molar-refractivity contribution in [3.63, 3.8) is 0 Å². The highest BCUT2D eigenvalue weighted by atomic mass is 35.5. The average molecular weight is 303 g/mol. The van der Waals surface area contributed by atoms with E-state index in [-0.39, 0.29) is 0 Å². The fourth-order valence-corrected chi connectivity index (χ4v) is 2.64. The van der Waals surface area contributed by atoms with Gasteiger partial charge in [0.05, 0.1) is 10.0 Å². The van der Waals surface area contributed by atoms with E-state index in [2.05, 4.69) is 9.80 Å². The molecule has 0 bridgehead atoms. The second-order valence-electron chi connectivity index (χ2n) is 4.77. The van der Waals surface area contributed by atoms with Crippen LogP contribution in [-0.4, -0.2) is 51.3 Å². The van der Waals surface area contributed by atoms with Crippen molar-refractivity contribution < 1.29 is 4.74 Å². The lowest BCUT2D eigenvalue weighted by atomic mass is 10.2. The van der Waals surface area contributed by atoms with Crippen molar-refractivity contribution in [1.82, 2.24) is 4.90 Å². The van der Waals surface area contributed by atoms with Crippen LogP contribution < -0.4 is 4.90 Å². The molecular formula is C14H20Cl2N2O. The van der Waals surface area contributed by atoms with Gasteiger partial charge in [0.1, 0.15) is 0 Å². The molecule has 1 aromatic rings. The van der Waals surface area contributed by atoms with E-state index in [1.807, 2.05) is 18.2 Å². The Balaban J connectivity index is 1.84. The van der Waals surface area contributed by atoms with Crippen molar-refractivity contribution in [2.45, 2.75) is 6.42 Å². The zero-order chi connectivity index (χ0) is 13.7. The first-order chi connectivity index (χ1) is 9.20. The first kappa shape index (κ1) is 14.9. The van der Waals surface area contributed by atoms with Gasteiger partial charge in [0.25, 0.3) is 0 Å². The molecule has 1 heterocycles. The number of nitrogens with zero attached hydrogens (tertiary/aromatic N) is 2. The third kappa shape index (κ3) is 4.25. The van der Waals surface area contributed by atoms with E-state index in [4.69, 9.17) is 27.9 Å². The van der Waals surface area contributed by atoms with E-state index < -0.39 is 0 Å². The van der Waals surface area contributed by atoms with Crippen LogP contribution in [0.5, 0.6) is 0 Å². The number of hydrogen-bond donors (Lipinski definition) is 0. The highest BCUT2D eigenvalue weighted by Crippen LogP contribution is 2.27. The van der Waals surface area contributed by atoms with Gasteiger partial charge in [-0.15, -0.1) is 0 Å². The molecule has 0 aromatic heterocycles. The molecular weight excluding hydrogens is 283 g/mol. The zero-order valence-corrected chi connectivity index (χ0v) is 12.8. The van der Waals surface area contributed by atoms with E-state index in [0.717, 1.165) is 51.4 Å². The van der Waals surface area contributed by atoms with Gasteiger partial charge in [-0.2, -0.15) is 0 Å². The largest absolute Gasteiger partial charge is 0.385 e. The van der Waals surface area contributed by atoms with Crippen LogP contribution in [0.4, 0.5) is 5.69 Å². The molecule has 5 heteroatoms. The van der Waals surface area contributed by atoms with Crippen LogP contribution in [0.2, 0.25) is 10.0 Å². The summed E-state index contributed by atoms with van der Waals surface area (Å²) in [5, 5.41) is 1.24. The summed E-state index contributed by atoms with van der Waals surface area (Å²) in [4.78, 5) is 4.84. The Morgan fingerprint density at radius 2 is 1.84 bits per heavy atom. The minimum atomic E-state index is 0.614. The molecule has 106 valence electrons. The Morgan fingerprint density at radius 1 is 1.11 bits per heavy atom. The predicted octanol–water partition coefficient (Wildman–Crippen LogP) is 3.15. The molecule has 0 spiro atoms. The summed E-state index contributed by atoms with van der Waals surface area (Å²) in [5.41, 5.74) is 1.16. The van der Waals surface area contributed by atoms with Crippen LogP contribution in [0.25, 0.3) is 0 Å². The number of ether oxygens (including phenoxy) is 1. The molecule has 1 aromatic carbocycles. The number of rotatable bonds is 5. The third-order valence-electron chi connectivity index (χ3n) is 3.46. The molecule has 1 saturated heterocycles. The van der Waals surface area contributed by atoms with Gasteiger partial charge in [0.2, 0.25) is 0 Å². The molecule has 0 radical (unpaired) electrons. The number of benzene rings is 1. The van der Waals surface area contributed by atoms with Gasteiger partial charge in [-0.3, -0.25) is 4.90 Å². The van der Waals surface area contributed by atoms with E-state index >= 15 is 0 Å². The fourth-order valence-electron chi connectivity index (χ4n) is 2.34. The van der Waals surface area contributed by atoms with Gasteiger partial charge in [-0.1, -0.05) is 23.2 Å². The van der Waals surface area contributed by atoms with Gasteiger partial charge >= 0.3 is 0 Å². The molecule has 3 nitrogen and oxygen atoms in total. The maximum atomic E-state index is 6.06. The van der Waals surface area contributed by atoms with Crippen molar-refractivity contribution in [3.05, 3.63) is 28.2 Å². The molecule has 0 unspecified atom stereocenters. The first-order valence-electron chi connectivity index (χ1n) is 6.62. The Bertz CT molecular complexity index is 406. The summed E-state index contributed by atoms with van der Waals surface area (Å²) in [6.45, 7) is 6.19. The third-order valence-corrected chi connectivity index (χ3v) is 4.20. The normalized spacial score (nSPS) is 16.9. The minimum absolute atomic E-state index is 0.614. The minimum Gasteiger partial charge on any atom is -0.385 e. The van der Waals surface area contributed by atoms with Crippen molar-refractivity contribution in [2.75, 3.05) is 51.3 Å². The highest BCUT2D eigenvalue weighted by molar-refractivity contribution is 6.42. The molecule has 1 fully saturated rings. The van der Waals surface area contributed by atoms with Crippen molar-refractivity contribution in [1.29, 1.82) is 0 Å². The molecule has 1 aliphatic rings. The van der Waals surface area contributed by atoms with Crippen LogP contribution in [0.3, 0.4) is 0 Å². The maximum Gasteiger partial charge on any atom is 0.0612 e. The SMILES string of the molecule is COCCCN1CCN(c2ccc(Cl)c(Cl)c2)CC1. The Morgan fingerprint density at radius 3 is 2.47 bits per heavy atom. The number of methoxy groups -OCH3 is 1. The molecule has 19 heavy (non-hydrogen) atoms. The lowest BCUT2D eigenvalue weighted by Crippen LogP contribution is -2.46. The van der Waals surface area contributed by atoms with E-state index in [1.165, 1.54) is 0 Å². The van der Waals surface area contributed by atoms with Crippen LogP contribution in [0.1, 0.15) is 6.42 Å². The molecule has 0 N–H and O–H groups in total. The van der Waals surface area contributed by atoms with E-state index in [9.17, 15) is 0 Å². The van der Waals surface area contributed by atoms with Crippen LogP contribution in [0, 0.1) is 0 Å². The van der Waals surface area contributed by atoms with Crippen molar-refractivity contribution in [2.24, 2.45) is 0 Å². The Hall–Kier alpha value is -0.480. The van der Waals surface area contributed by atoms with E-state index in [1.54, 1.807) is 7.11 Å². The first-order valence-corrected chi connectivity index (χ1v) is 7.37. The Labute approximate surface area is 125 Å². The standard InChI is InChI=1S/C14H20Cl2N2O/c1-19-10-2-5-17-6-8-18(9-7-17)12-3-4-13(15)14(16)11-12/h3-4,11H,2,5-10H2,1H3. The average Bonchev–Trinajstić information content (AvgIpc) is 2.43. The number of halogens is 2. The summed E-state index contributed by atoms with van der Waals surface area (Å²) >= 11 is 12.0. The smallest absolute Gasteiger partial charge is 0.0612 e. The molecule has 0 aliphatic carbocycles. The highest BCUT2D eigenvalue weighted by Gasteiger charge is 2.17. The number of anilines is 1. The zero-order valence-electron chi connectivity index (χ0n) is 11.2. The lowest BCUT2D eigenvalue weighted by molar-refractivity contribution is 0.169. The summed E-state index contributed by atoms with van der Waals surface area (Å²) in [6, 6.07) is 5.85. The summed E-state index contributed by atoms with van der Waals surface area (Å²) in [5.74, 6) is 0. The van der Waals surface area contributed by atoms with Crippen LogP contribution in [-0.2, 0) is 4.74 Å². The molecule has 0 atom stereocenters. The predicted molar refractivity (Wildman–Crippen MR) is 81.6 cm³/mol. The fraction of sp³-hybridized carbons (Fsp3) is 0.571. The van der Waals surface area contributed by atoms with Gasteiger partial charge in [-0.05, 0) is 24.6 Å². The maximum absolute atomic E-state index is 6.06. The topological polar surface area (TPSA) is 15.7 Å². The number of hydrogen-bond acceptors (Lipinski definition) is 3. The van der Waals surface area contributed by atoms with Crippen LogP contribution in [0.15, 0.2) is 18.2 Å². The van der Waals surface area contributed by atoms with Gasteiger partial charge in [0.15, 0.2) is 0 Å². The molecule has 0 saturated carbocycles. The summed E-state index contributed by atoms with van der Waals surface area (Å²) < 4.78 is 5.08. The molecule has 2 rings (SSSR count). The van der Waals surface area contributed by atoms with Crippen molar-refractivity contribution in [3.8, 4) is 0 Å². The van der Waals surface area contributed by atoms with Crippen LogP contribution >= 0.6 is 23.2 Å². The van der Waals surface area contributed by atoms with Crippen molar-refractivity contribution >= 4 is 28.9 Å². The second kappa shape index (κ2) is 7.34. The molecule has 0 amide bonds. The van der Waals surface area contributed by atoms with Gasteiger partial charge < -0.3 is 9.64 Å². The van der Waals surface area contributed by atoms with Gasteiger partial charge in [-0.25, -0.2) is 0 Å². The number of piperazine rings is 1. The summed E-state index contributed by atoms with van der Waals surface area (Å²) in [7, 11) is 1.75. The lowest BCUT2D eigenvalue weighted by Gasteiger charge is -2.36. The van der Waals surface area contributed by atoms with Gasteiger partial charge in [0, 0.05) is 52.1 Å². The van der Waals surface area contributed by atoms with E-state index in [0.29, 0.717) is 10.0 Å². The monoisotopic (exact) mass is 302 g/mol. The molecule has 1 aliphatic heterocycles.